The molecule has 1 atom stereocenters. The number of hydrogen-bond acceptors (Lipinski definition) is 9. The first kappa shape index (κ1) is 19.6. The zero-order valence-corrected chi connectivity index (χ0v) is 16.9. The molecule has 156 valence electrons. The van der Waals surface area contributed by atoms with Crippen molar-refractivity contribution < 1.29 is 14.4 Å². The van der Waals surface area contributed by atoms with Crippen molar-refractivity contribution in [3.05, 3.63) is 63.2 Å². The number of nitro benzene ring substituents is 1. The van der Waals surface area contributed by atoms with Gasteiger partial charge in [-0.2, -0.15) is 5.10 Å². The first-order valence-electron chi connectivity index (χ1n) is 9.43. The van der Waals surface area contributed by atoms with Crippen molar-refractivity contribution in [1.29, 1.82) is 0 Å². The van der Waals surface area contributed by atoms with Crippen LogP contribution in [-0.4, -0.2) is 48.5 Å². The second kappa shape index (κ2) is 7.99. The molecule has 0 fully saturated rings. The molecule has 30 heavy (non-hydrogen) atoms. The third kappa shape index (κ3) is 3.52. The number of guanidine groups is 1. The van der Waals surface area contributed by atoms with Gasteiger partial charge in [-0.15, -0.1) is 0 Å². The number of non-ortho nitro benzene ring substituents is 1. The second-order valence-electron chi connectivity index (χ2n) is 6.96. The number of methoxy groups -OCH3 is 2. The van der Waals surface area contributed by atoms with Crippen LogP contribution in [0.25, 0.3) is 0 Å². The maximum atomic E-state index is 11.1. The van der Waals surface area contributed by atoms with Crippen LogP contribution in [0.3, 0.4) is 0 Å². The summed E-state index contributed by atoms with van der Waals surface area (Å²) >= 11 is 0. The van der Waals surface area contributed by atoms with Gasteiger partial charge in [0.2, 0.25) is 5.96 Å². The molecule has 10 nitrogen and oxygen atoms in total. The molecule has 0 spiro atoms. The minimum absolute atomic E-state index is 0.00329. The Morgan fingerprint density at radius 3 is 2.47 bits per heavy atom. The first-order chi connectivity index (χ1) is 14.5. The Bertz CT molecular complexity index is 1030. The Morgan fingerprint density at radius 2 is 1.87 bits per heavy atom. The van der Waals surface area contributed by atoms with Crippen LogP contribution >= 0.6 is 0 Å². The van der Waals surface area contributed by atoms with Crippen molar-refractivity contribution in [3.8, 4) is 11.5 Å². The lowest BCUT2D eigenvalue weighted by atomic mass is 9.94. The van der Waals surface area contributed by atoms with Gasteiger partial charge >= 0.3 is 0 Å². The molecule has 2 aromatic rings. The molecule has 2 aromatic carbocycles. The van der Waals surface area contributed by atoms with Crippen LogP contribution in [0.5, 0.6) is 11.5 Å². The van der Waals surface area contributed by atoms with Gasteiger partial charge in [0.15, 0.2) is 11.5 Å². The molecule has 0 saturated heterocycles. The van der Waals surface area contributed by atoms with Gasteiger partial charge in [-0.1, -0.05) is 0 Å². The zero-order valence-electron chi connectivity index (χ0n) is 16.9. The number of rotatable bonds is 4. The summed E-state index contributed by atoms with van der Waals surface area (Å²) in [4.78, 5) is 15.1. The largest absolute Gasteiger partial charge is 0.493 e. The van der Waals surface area contributed by atoms with Crippen molar-refractivity contribution in [2.75, 3.05) is 20.9 Å². The maximum Gasteiger partial charge on any atom is 0.269 e. The summed E-state index contributed by atoms with van der Waals surface area (Å²) in [6.07, 6.45) is 0.691. The molecule has 4 rings (SSSR count). The normalized spacial score (nSPS) is 18.0. The Hall–Kier alpha value is -3.66. The Morgan fingerprint density at radius 1 is 1.17 bits per heavy atom. The third-order valence-corrected chi connectivity index (χ3v) is 5.08. The molecule has 0 aromatic heterocycles. The number of hydrogen-bond donors (Lipinski definition) is 2. The van der Waals surface area contributed by atoms with E-state index < -0.39 is 4.92 Å². The van der Waals surface area contributed by atoms with E-state index >= 15 is 0 Å². The number of benzene rings is 2. The summed E-state index contributed by atoms with van der Waals surface area (Å²) in [5, 5.41) is 17.8. The number of nitrogens with zero attached hydrogens (tertiary/aromatic N) is 4. The molecule has 10 heteroatoms. The van der Waals surface area contributed by atoms with Crippen molar-refractivity contribution in [1.82, 2.24) is 15.9 Å². The van der Waals surface area contributed by atoms with E-state index in [-0.39, 0.29) is 11.7 Å². The van der Waals surface area contributed by atoms with Crippen LogP contribution in [0.2, 0.25) is 0 Å². The predicted molar refractivity (Wildman–Crippen MR) is 112 cm³/mol. The SMILES string of the molecule is COc1cc2c(cc1OC)C(c1ccc([N+](=O)[O-])cc1)=NN(C1=NCNN1)C(C)C2. The molecule has 0 amide bonds. The molecule has 2 N–H and O–H groups in total. The molecular weight excluding hydrogens is 388 g/mol. The summed E-state index contributed by atoms with van der Waals surface area (Å²) in [7, 11) is 3.19. The maximum absolute atomic E-state index is 11.1. The van der Waals surface area contributed by atoms with Crippen molar-refractivity contribution in [2.45, 2.75) is 19.4 Å². The molecule has 0 aliphatic carbocycles. The molecule has 0 saturated carbocycles. The summed E-state index contributed by atoms with van der Waals surface area (Å²) in [5.74, 6) is 1.84. The van der Waals surface area contributed by atoms with Crippen LogP contribution in [0.15, 0.2) is 46.5 Å². The van der Waals surface area contributed by atoms with Gasteiger partial charge in [-0.25, -0.2) is 15.4 Å². The summed E-state index contributed by atoms with van der Waals surface area (Å²) in [5.41, 5.74) is 9.35. The van der Waals surface area contributed by atoms with E-state index in [1.165, 1.54) is 12.1 Å². The molecule has 0 radical (unpaired) electrons. The number of ether oxygens (including phenoxy) is 2. The monoisotopic (exact) mass is 410 g/mol. The highest BCUT2D eigenvalue weighted by molar-refractivity contribution is 6.14. The number of nitro groups is 1. The van der Waals surface area contributed by atoms with E-state index in [9.17, 15) is 10.1 Å². The average Bonchev–Trinajstić information content (AvgIpc) is 3.24. The van der Waals surface area contributed by atoms with Crippen LogP contribution in [-0.2, 0) is 6.42 Å². The fraction of sp³-hybridized carbons (Fsp3) is 0.300. The van der Waals surface area contributed by atoms with Crippen LogP contribution < -0.4 is 20.3 Å². The lowest BCUT2D eigenvalue weighted by Crippen LogP contribution is -2.44. The smallest absolute Gasteiger partial charge is 0.269 e. The topological polar surface area (TPSA) is 114 Å². The summed E-state index contributed by atoms with van der Waals surface area (Å²) in [6.45, 7) is 2.51. The van der Waals surface area contributed by atoms with E-state index in [1.54, 1.807) is 26.4 Å². The van der Waals surface area contributed by atoms with Crippen LogP contribution in [0.4, 0.5) is 5.69 Å². The van der Waals surface area contributed by atoms with Crippen LogP contribution in [0, 0.1) is 10.1 Å². The summed E-state index contributed by atoms with van der Waals surface area (Å²) in [6, 6.07) is 10.2. The fourth-order valence-corrected chi connectivity index (χ4v) is 3.59. The third-order valence-electron chi connectivity index (χ3n) is 5.08. The quantitative estimate of drug-likeness (QED) is 0.586. The molecule has 2 aliphatic heterocycles. The highest BCUT2D eigenvalue weighted by atomic mass is 16.6. The van der Waals surface area contributed by atoms with Crippen molar-refractivity contribution in [2.24, 2.45) is 10.1 Å². The van der Waals surface area contributed by atoms with E-state index in [1.807, 2.05) is 17.1 Å². The van der Waals surface area contributed by atoms with Gasteiger partial charge in [-0.3, -0.25) is 15.5 Å². The van der Waals surface area contributed by atoms with E-state index in [0.29, 0.717) is 36.3 Å². The minimum atomic E-state index is -0.419. The Kier molecular flexibility index (Phi) is 5.23. The minimum Gasteiger partial charge on any atom is -0.493 e. The van der Waals surface area contributed by atoms with Gasteiger partial charge < -0.3 is 9.47 Å². The predicted octanol–water partition coefficient (Wildman–Crippen LogP) is 2.03. The Balaban J connectivity index is 1.89. The fourth-order valence-electron chi connectivity index (χ4n) is 3.59. The first-order valence-corrected chi connectivity index (χ1v) is 9.43. The van der Waals surface area contributed by atoms with Gasteiger partial charge in [-0.05, 0) is 43.2 Å². The van der Waals surface area contributed by atoms with Crippen molar-refractivity contribution in [3.63, 3.8) is 0 Å². The Labute approximate surface area is 173 Å². The standard InChI is InChI=1S/C20H22N6O4/c1-12-8-14-9-17(29-2)18(30-3)10-16(14)19(24-25(12)20-21-11-22-23-20)13-4-6-15(7-5-13)26(27)28/h4-7,9-10,12,22H,8,11H2,1-3H3,(H,21,23). The van der Waals surface area contributed by atoms with Crippen LogP contribution in [0.1, 0.15) is 23.6 Å². The number of aliphatic imine (C=N–C) groups is 1. The molecule has 0 bridgehead atoms. The van der Waals surface area contributed by atoms with Gasteiger partial charge in [0.25, 0.3) is 5.69 Å². The highest BCUT2D eigenvalue weighted by Crippen LogP contribution is 2.34. The van der Waals surface area contributed by atoms with E-state index in [2.05, 4.69) is 22.8 Å². The van der Waals surface area contributed by atoms with Crippen molar-refractivity contribution >= 4 is 17.4 Å². The molecular formula is C20H22N6O4. The van der Waals surface area contributed by atoms with Gasteiger partial charge in [0.1, 0.15) is 6.67 Å². The number of fused-ring (bicyclic) bond motifs is 1. The van der Waals surface area contributed by atoms with Gasteiger partial charge in [0.05, 0.1) is 30.9 Å². The lowest BCUT2D eigenvalue weighted by molar-refractivity contribution is -0.384. The summed E-state index contributed by atoms with van der Waals surface area (Å²) < 4.78 is 11.0. The molecule has 2 aliphatic rings. The highest BCUT2D eigenvalue weighted by Gasteiger charge is 2.29. The average molecular weight is 410 g/mol. The lowest BCUT2D eigenvalue weighted by Gasteiger charge is -2.24. The van der Waals surface area contributed by atoms with E-state index in [0.717, 1.165) is 16.7 Å². The second-order valence-corrected chi connectivity index (χ2v) is 6.96. The number of hydrazine groups is 1. The molecule has 2 heterocycles. The number of nitrogens with one attached hydrogen (secondary N) is 2. The van der Waals surface area contributed by atoms with E-state index in [4.69, 9.17) is 14.6 Å². The molecule has 1 unspecified atom stereocenters. The zero-order chi connectivity index (χ0) is 21.3. The number of hydrazone groups is 1. The van der Waals surface area contributed by atoms with Gasteiger partial charge in [0, 0.05) is 23.3 Å².